The van der Waals surface area contributed by atoms with Crippen LogP contribution < -0.4 is 10.9 Å². The molecule has 0 aliphatic carbocycles. The zero-order valence-corrected chi connectivity index (χ0v) is 21.2. The topological polar surface area (TPSA) is 34.1 Å². The Morgan fingerprint density at radius 3 is 1.38 bits per heavy atom. The minimum atomic E-state index is 0.113. The Morgan fingerprint density at radius 2 is 0.912 bits per heavy atom. The van der Waals surface area contributed by atoms with Crippen LogP contribution >= 0.6 is 44.3 Å². The lowest BCUT2D eigenvalue weighted by molar-refractivity contribution is 1.44. The first-order valence-electron chi connectivity index (χ1n) is 10.8. The molecule has 0 aliphatic rings. The van der Waals surface area contributed by atoms with E-state index in [1.807, 2.05) is 60.7 Å². The molecule has 0 amide bonds. The number of fused-ring (bicyclic) bond motifs is 4. The van der Waals surface area contributed by atoms with E-state index in [4.69, 9.17) is 0 Å². The van der Waals surface area contributed by atoms with E-state index in [-0.39, 0.29) is 10.9 Å². The van der Waals surface area contributed by atoms with Gasteiger partial charge in [0, 0.05) is 51.9 Å². The summed E-state index contributed by atoms with van der Waals surface area (Å²) in [5.74, 6) is 1.65. The van der Waals surface area contributed by atoms with E-state index in [0.29, 0.717) is 0 Å². The van der Waals surface area contributed by atoms with Crippen molar-refractivity contribution in [2.75, 3.05) is 0 Å². The van der Waals surface area contributed by atoms with Crippen molar-refractivity contribution in [2.45, 2.75) is 11.5 Å². The highest BCUT2D eigenvalue weighted by Gasteiger charge is 2.08. The quantitative estimate of drug-likeness (QED) is 0.132. The average Bonchev–Trinajstić information content (AvgIpc) is 2.87. The normalized spacial score (nSPS) is 11.6. The Hall–Kier alpha value is -2.64. The summed E-state index contributed by atoms with van der Waals surface area (Å²) in [5, 5.41) is 3.19. The van der Waals surface area contributed by atoms with Crippen molar-refractivity contribution in [1.82, 2.24) is 0 Å². The third-order valence-corrected chi connectivity index (χ3v) is 10.4. The highest BCUT2D eigenvalue weighted by Crippen LogP contribution is 2.33. The van der Waals surface area contributed by atoms with Gasteiger partial charge in [0.1, 0.15) is 0 Å². The van der Waals surface area contributed by atoms with Gasteiger partial charge in [-0.1, -0.05) is 58.0 Å². The molecular weight excluding hydrogens is 497 g/mol. The van der Waals surface area contributed by atoms with Crippen LogP contribution in [0.2, 0.25) is 0 Å². The zero-order valence-electron chi connectivity index (χ0n) is 17.9. The Labute approximate surface area is 211 Å². The first kappa shape index (κ1) is 21.9. The predicted molar refractivity (Wildman–Crippen MR) is 154 cm³/mol. The van der Waals surface area contributed by atoms with Crippen LogP contribution in [-0.4, -0.2) is 0 Å². The van der Waals surface area contributed by atoms with Gasteiger partial charge in [-0.2, -0.15) is 0 Å². The fraction of sp³-hybridized carbons (Fsp3) is 0.0714. The largest absolute Gasteiger partial charge is 0.289 e. The maximum Gasteiger partial charge on any atom is 0.195 e. The lowest BCUT2D eigenvalue weighted by Crippen LogP contribution is -2.01. The monoisotopic (exact) mass is 514 g/mol. The van der Waals surface area contributed by atoms with Crippen LogP contribution in [0, 0.1) is 0 Å². The lowest BCUT2D eigenvalue weighted by Gasteiger charge is -2.06. The van der Waals surface area contributed by atoms with Crippen LogP contribution in [0.5, 0.6) is 0 Å². The summed E-state index contributed by atoms with van der Waals surface area (Å²) in [4.78, 5) is 25.9. The second kappa shape index (κ2) is 9.19. The molecule has 6 heteroatoms. The minimum Gasteiger partial charge on any atom is -0.289 e. The van der Waals surface area contributed by atoms with Gasteiger partial charge in [0.25, 0.3) is 0 Å². The second-order valence-corrected chi connectivity index (χ2v) is 12.7. The van der Waals surface area contributed by atoms with E-state index in [0.717, 1.165) is 63.0 Å². The summed E-state index contributed by atoms with van der Waals surface area (Å²) in [6, 6.07) is 28.1. The van der Waals surface area contributed by atoms with E-state index in [2.05, 4.69) is 24.3 Å². The van der Waals surface area contributed by atoms with Crippen LogP contribution in [0.4, 0.5) is 0 Å². The summed E-state index contributed by atoms with van der Waals surface area (Å²) < 4.78 is 4.12. The van der Waals surface area contributed by atoms with Gasteiger partial charge in [-0.25, -0.2) is 0 Å². The second-order valence-electron chi connectivity index (χ2n) is 8.04. The van der Waals surface area contributed by atoms with Crippen molar-refractivity contribution in [3.8, 4) is 0 Å². The number of hydrogen-bond donors (Lipinski definition) is 0. The first-order valence-corrected chi connectivity index (χ1v) is 14.9. The Bertz CT molecular complexity index is 1680. The molecule has 2 nitrogen and oxygen atoms in total. The van der Waals surface area contributed by atoms with E-state index in [1.54, 1.807) is 44.3 Å². The molecule has 166 valence electrons. The van der Waals surface area contributed by atoms with Gasteiger partial charge >= 0.3 is 0 Å². The SMILES string of the molecule is O=c1c2ccccc2sc2ccc(CSSCc3ccc4sc5ccccc5c(=O)c4c3)cc12. The molecule has 0 unspecified atom stereocenters. The maximum absolute atomic E-state index is 12.9. The smallest absolute Gasteiger partial charge is 0.195 e. The maximum atomic E-state index is 12.9. The summed E-state index contributed by atoms with van der Waals surface area (Å²) in [7, 11) is 3.55. The molecule has 0 spiro atoms. The molecule has 6 aromatic rings. The van der Waals surface area contributed by atoms with Gasteiger partial charge in [0.05, 0.1) is 0 Å². The summed E-state index contributed by atoms with van der Waals surface area (Å²) >= 11 is 3.33. The van der Waals surface area contributed by atoms with Gasteiger partial charge in [0.2, 0.25) is 0 Å². The fourth-order valence-corrected chi connectivity index (χ4v) is 8.32. The van der Waals surface area contributed by atoms with Gasteiger partial charge in [-0.05, 0) is 59.7 Å². The zero-order chi connectivity index (χ0) is 23.1. The van der Waals surface area contributed by atoms with Crippen molar-refractivity contribution in [1.29, 1.82) is 0 Å². The molecule has 0 saturated carbocycles. The van der Waals surface area contributed by atoms with Crippen molar-refractivity contribution in [2.24, 2.45) is 0 Å². The van der Waals surface area contributed by atoms with Crippen molar-refractivity contribution in [3.63, 3.8) is 0 Å². The Balaban J connectivity index is 1.18. The van der Waals surface area contributed by atoms with E-state index in [9.17, 15) is 9.59 Å². The summed E-state index contributed by atoms with van der Waals surface area (Å²) in [6.07, 6.45) is 0. The molecule has 0 N–H and O–H groups in total. The van der Waals surface area contributed by atoms with Crippen LogP contribution in [-0.2, 0) is 11.5 Å². The van der Waals surface area contributed by atoms with Gasteiger partial charge in [0.15, 0.2) is 10.9 Å². The molecule has 0 radical (unpaired) electrons. The van der Waals surface area contributed by atoms with E-state index >= 15 is 0 Å². The van der Waals surface area contributed by atoms with Crippen molar-refractivity contribution < 1.29 is 0 Å². The van der Waals surface area contributed by atoms with Crippen LogP contribution in [0.25, 0.3) is 40.3 Å². The minimum absolute atomic E-state index is 0.113. The van der Waals surface area contributed by atoms with Crippen LogP contribution in [0.1, 0.15) is 11.1 Å². The molecule has 2 aromatic heterocycles. The molecule has 34 heavy (non-hydrogen) atoms. The predicted octanol–water partition coefficient (Wildman–Crippen LogP) is 8.22. The standard InChI is InChI=1S/C28H18O2S4/c29-27-19-5-1-3-7-23(19)33-25-11-9-17(13-21(25)27)15-31-32-16-18-10-12-26-22(14-18)28(30)20-6-2-4-8-24(20)34-26/h1-14H,15-16H2. The Morgan fingerprint density at radius 1 is 0.500 bits per heavy atom. The fourth-order valence-electron chi connectivity index (χ4n) is 4.10. The summed E-state index contributed by atoms with van der Waals surface area (Å²) in [6.45, 7) is 0. The highest BCUT2D eigenvalue weighted by atomic mass is 33.1. The molecule has 0 atom stereocenters. The molecule has 2 heterocycles. The molecule has 0 bridgehead atoms. The summed E-state index contributed by atoms with van der Waals surface area (Å²) in [5.41, 5.74) is 2.53. The molecule has 0 aliphatic heterocycles. The third kappa shape index (κ3) is 4.05. The number of benzene rings is 4. The molecular formula is C28H18O2S4. The van der Waals surface area contributed by atoms with Crippen LogP contribution in [0.15, 0.2) is 94.5 Å². The van der Waals surface area contributed by atoms with Crippen molar-refractivity contribution in [3.05, 3.63) is 117 Å². The van der Waals surface area contributed by atoms with Crippen LogP contribution in [0.3, 0.4) is 0 Å². The van der Waals surface area contributed by atoms with E-state index < -0.39 is 0 Å². The average molecular weight is 515 g/mol. The molecule has 6 rings (SSSR count). The third-order valence-electron chi connectivity index (χ3n) is 5.81. The highest BCUT2D eigenvalue weighted by molar-refractivity contribution is 8.76. The number of rotatable bonds is 5. The van der Waals surface area contributed by atoms with Gasteiger partial charge in [-0.3, -0.25) is 9.59 Å². The molecule has 0 saturated heterocycles. The lowest BCUT2D eigenvalue weighted by atomic mass is 10.1. The van der Waals surface area contributed by atoms with Gasteiger partial charge < -0.3 is 0 Å². The molecule has 4 aromatic carbocycles. The molecule has 0 fully saturated rings. The van der Waals surface area contributed by atoms with E-state index in [1.165, 1.54) is 0 Å². The van der Waals surface area contributed by atoms with Gasteiger partial charge in [-0.15, -0.1) is 22.7 Å². The number of hydrogen-bond acceptors (Lipinski definition) is 6. The first-order chi connectivity index (χ1) is 16.7. The Kier molecular flexibility index (Phi) is 5.91. The van der Waals surface area contributed by atoms with Crippen molar-refractivity contribution >= 4 is 84.6 Å².